The normalized spacial score (nSPS) is 20.0. The predicted molar refractivity (Wildman–Crippen MR) is 179 cm³/mol. The molecule has 0 unspecified atom stereocenters. The summed E-state index contributed by atoms with van der Waals surface area (Å²) in [6.45, 7) is 10.7. The van der Waals surface area contributed by atoms with Gasteiger partial charge in [-0.15, -0.1) is 0 Å². The maximum absolute atomic E-state index is 15.8. The number of hydrogen-bond acceptors (Lipinski definition) is 9. The number of carbonyl (C=O) groups excluding carboxylic acids is 1. The molecule has 47 heavy (non-hydrogen) atoms. The van der Waals surface area contributed by atoms with Crippen LogP contribution in [0.1, 0.15) is 83.5 Å². The second-order valence-electron chi connectivity index (χ2n) is 13.9. The highest BCUT2D eigenvalue weighted by Crippen LogP contribution is 2.48. The second kappa shape index (κ2) is 11.8. The van der Waals surface area contributed by atoms with Gasteiger partial charge in [0.25, 0.3) is 0 Å². The summed E-state index contributed by atoms with van der Waals surface area (Å²) in [6.07, 6.45) is 4.66. The van der Waals surface area contributed by atoms with Crippen LogP contribution >= 0.6 is 11.6 Å². The van der Waals surface area contributed by atoms with Crippen LogP contribution in [-0.4, -0.2) is 61.4 Å². The fourth-order valence-corrected chi connectivity index (χ4v) is 6.49. The minimum Gasteiger partial charge on any atom is -0.444 e. The van der Waals surface area contributed by atoms with E-state index in [0.29, 0.717) is 30.0 Å². The lowest BCUT2D eigenvalue weighted by Crippen LogP contribution is -2.55. The number of piperazine rings is 1. The largest absolute Gasteiger partial charge is 0.444 e. The number of fused-ring (bicyclic) bond motifs is 1. The summed E-state index contributed by atoms with van der Waals surface area (Å²) < 4.78 is 22.8. The van der Waals surface area contributed by atoms with E-state index in [2.05, 4.69) is 44.3 Å². The number of nitrogens with zero attached hydrogens (tertiary/aromatic N) is 6. The molecule has 3 aromatic heterocycles. The second-order valence-corrected chi connectivity index (χ2v) is 14.3. The number of aromatic nitrogens is 5. The topological polar surface area (TPSA) is 127 Å². The highest BCUT2D eigenvalue weighted by molar-refractivity contribution is 6.34. The summed E-state index contributed by atoms with van der Waals surface area (Å²) >= 11 is 6.98. The minimum atomic E-state index is -0.773. The zero-order chi connectivity index (χ0) is 33.2. The van der Waals surface area contributed by atoms with Crippen LogP contribution in [0, 0.1) is 5.82 Å². The molecule has 246 valence electrons. The standard InChI is InChI=1S/C34H38ClFN8O3/c1-17-15-43(18(2)14-37-17)30-21-13-22(35)28(25-23(36)7-6-8-24(25)40-33(46)47-34(3,4)5)41-31(21)44(32(45)42-30)29-26(19-9-10-19)38-16-39-27(29)20-11-12-20/h6-8,13,16-20,37H,9-12,14-15H2,1-5H3,(H,40,46)/t17-,18+/m1/s1. The lowest BCUT2D eigenvalue weighted by molar-refractivity contribution is 0.0636. The van der Waals surface area contributed by atoms with Gasteiger partial charge in [-0.1, -0.05) is 17.7 Å². The highest BCUT2D eigenvalue weighted by Gasteiger charge is 2.37. The van der Waals surface area contributed by atoms with Crippen LogP contribution in [0.5, 0.6) is 0 Å². The lowest BCUT2D eigenvalue weighted by atomic mass is 10.1. The van der Waals surface area contributed by atoms with Crippen molar-refractivity contribution in [3.05, 3.63) is 63.3 Å². The average molecular weight is 661 g/mol. The molecule has 2 N–H and O–H groups in total. The van der Waals surface area contributed by atoms with Crippen molar-refractivity contribution in [3.63, 3.8) is 0 Å². The maximum Gasteiger partial charge on any atom is 0.412 e. The predicted octanol–water partition coefficient (Wildman–Crippen LogP) is 6.32. The molecule has 1 aromatic carbocycles. The van der Waals surface area contributed by atoms with Gasteiger partial charge in [-0.3, -0.25) is 5.32 Å². The monoisotopic (exact) mass is 660 g/mol. The first-order chi connectivity index (χ1) is 22.4. The van der Waals surface area contributed by atoms with Gasteiger partial charge in [0.2, 0.25) is 0 Å². The van der Waals surface area contributed by atoms with Crippen LogP contribution in [-0.2, 0) is 4.74 Å². The third-order valence-electron chi connectivity index (χ3n) is 8.75. The third-order valence-corrected chi connectivity index (χ3v) is 9.04. The molecule has 3 fully saturated rings. The molecule has 4 heterocycles. The number of ether oxygens (including phenoxy) is 1. The van der Waals surface area contributed by atoms with Gasteiger partial charge in [-0.05, 0) is 78.5 Å². The first-order valence-corrected chi connectivity index (χ1v) is 16.5. The molecule has 13 heteroatoms. The molecule has 1 aliphatic heterocycles. The lowest BCUT2D eigenvalue weighted by Gasteiger charge is -2.38. The fraction of sp³-hybridized carbons (Fsp3) is 0.471. The minimum absolute atomic E-state index is 0.0240. The number of hydrogen-bond donors (Lipinski definition) is 2. The van der Waals surface area contributed by atoms with E-state index in [1.165, 1.54) is 16.7 Å². The Morgan fingerprint density at radius 1 is 1.09 bits per heavy atom. The van der Waals surface area contributed by atoms with E-state index in [0.717, 1.165) is 37.1 Å². The Bertz CT molecular complexity index is 1920. The molecule has 0 bridgehead atoms. The smallest absolute Gasteiger partial charge is 0.412 e. The Hall–Kier alpha value is -4.16. The van der Waals surface area contributed by atoms with E-state index in [1.807, 2.05) is 0 Å². The van der Waals surface area contributed by atoms with Crippen molar-refractivity contribution >= 4 is 40.2 Å². The van der Waals surface area contributed by atoms with E-state index < -0.39 is 23.2 Å². The van der Waals surface area contributed by atoms with Gasteiger partial charge in [0.05, 0.1) is 44.4 Å². The van der Waals surface area contributed by atoms with Gasteiger partial charge < -0.3 is 15.0 Å². The Labute approximate surface area is 276 Å². The molecule has 7 rings (SSSR count). The number of amides is 1. The fourth-order valence-electron chi connectivity index (χ4n) is 6.25. The Balaban J connectivity index is 1.50. The number of pyridine rings is 1. The molecular weight excluding hydrogens is 623 g/mol. The first-order valence-electron chi connectivity index (χ1n) is 16.2. The summed E-state index contributed by atoms with van der Waals surface area (Å²) in [5.41, 5.74) is 1.32. The van der Waals surface area contributed by atoms with Crippen molar-refractivity contribution in [2.75, 3.05) is 23.3 Å². The van der Waals surface area contributed by atoms with E-state index in [1.54, 1.807) is 39.2 Å². The number of rotatable bonds is 6. The summed E-state index contributed by atoms with van der Waals surface area (Å²) in [4.78, 5) is 48.3. The molecule has 0 radical (unpaired) electrons. The van der Waals surface area contributed by atoms with Crippen LogP contribution in [0.3, 0.4) is 0 Å². The van der Waals surface area contributed by atoms with Gasteiger partial charge in [0.1, 0.15) is 23.6 Å². The molecule has 1 saturated heterocycles. The van der Waals surface area contributed by atoms with Gasteiger partial charge in [-0.25, -0.2) is 33.5 Å². The molecule has 1 amide bonds. The Kier molecular flexibility index (Phi) is 7.91. The molecular formula is C34H38ClFN8O3. The molecule has 11 nitrogen and oxygen atoms in total. The van der Waals surface area contributed by atoms with Gasteiger partial charge in [0, 0.05) is 37.0 Å². The summed E-state index contributed by atoms with van der Waals surface area (Å²) in [6, 6.07) is 6.18. The summed E-state index contributed by atoms with van der Waals surface area (Å²) in [7, 11) is 0. The third kappa shape index (κ3) is 6.16. The average Bonchev–Trinajstić information content (AvgIpc) is 3.92. The summed E-state index contributed by atoms with van der Waals surface area (Å²) in [5.74, 6) is 0.204. The molecule has 3 aliphatic rings. The highest BCUT2D eigenvalue weighted by atomic mass is 35.5. The SMILES string of the molecule is C[C@@H]1CN(c2nc(=O)n(-c3c(C4CC4)ncnc3C3CC3)c3nc(-c4c(F)cccc4NC(=O)OC(C)(C)C)c(Cl)cc23)[C@@H](C)CN1. The van der Waals surface area contributed by atoms with Crippen molar-refractivity contribution in [3.8, 4) is 16.9 Å². The van der Waals surface area contributed by atoms with Crippen molar-refractivity contribution in [1.82, 2.24) is 29.8 Å². The van der Waals surface area contributed by atoms with E-state index >= 15 is 4.39 Å². The number of nitrogens with one attached hydrogen (secondary N) is 2. The van der Waals surface area contributed by atoms with Crippen molar-refractivity contribution in [2.24, 2.45) is 0 Å². The van der Waals surface area contributed by atoms with Crippen LogP contribution in [0.25, 0.3) is 28.0 Å². The zero-order valence-electron chi connectivity index (χ0n) is 27.1. The van der Waals surface area contributed by atoms with Gasteiger partial charge >= 0.3 is 11.8 Å². The molecule has 2 atom stereocenters. The van der Waals surface area contributed by atoms with Gasteiger partial charge in [-0.2, -0.15) is 4.98 Å². The van der Waals surface area contributed by atoms with Crippen LogP contribution in [0.4, 0.5) is 20.7 Å². The number of halogens is 2. The number of carbonyl (C=O) groups is 1. The summed E-state index contributed by atoms with van der Waals surface area (Å²) in [5, 5.41) is 6.81. The number of anilines is 2. The molecule has 0 spiro atoms. The first kappa shape index (κ1) is 31.4. The van der Waals surface area contributed by atoms with E-state index in [9.17, 15) is 9.59 Å². The van der Waals surface area contributed by atoms with Crippen LogP contribution in [0.2, 0.25) is 5.02 Å². The molecule has 2 aliphatic carbocycles. The van der Waals surface area contributed by atoms with E-state index in [4.69, 9.17) is 21.3 Å². The van der Waals surface area contributed by atoms with Crippen molar-refractivity contribution < 1.29 is 13.9 Å². The van der Waals surface area contributed by atoms with Crippen molar-refractivity contribution in [1.29, 1.82) is 0 Å². The molecule has 4 aromatic rings. The molecule has 2 saturated carbocycles. The Morgan fingerprint density at radius 3 is 2.40 bits per heavy atom. The zero-order valence-corrected chi connectivity index (χ0v) is 27.9. The quantitative estimate of drug-likeness (QED) is 0.244. The number of benzene rings is 1. The van der Waals surface area contributed by atoms with Crippen LogP contribution < -0.4 is 21.2 Å². The Morgan fingerprint density at radius 2 is 1.77 bits per heavy atom. The van der Waals surface area contributed by atoms with Crippen LogP contribution in [0.15, 0.2) is 35.4 Å². The van der Waals surface area contributed by atoms with Gasteiger partial charge in [0.15, 0.2) is 5.65 Å². The van der Waals surface area contributed by atoms with E-state index in [-0.39, 0.29) is 51.5 Å². The maximum atomic E-state index is 15.8. The van der Waals surface area contributed by atoms with Crippen molar-refractivity contribution in [2.45, 2.75) is 89.8 Å².